The Kier molecular flexibility index (Phi) is 4.54. The predicted octanol–water partition coefficient (Wildman–Crippen LogP) is 3.26. The highest BCUT2D eigenvalue weighted by molar-refractivity contribution is 5.85. The Labute approximate surface area is 108 Å². The Hall–Kier alpha value is -1.06. The summed E-state index contributed by atoms with van der Waals surface area (Å²) in [5.41, 5.74) is 2.59. The molecule has 0 fully saturated rings. The van der Waals surface area contributed by atoms with Crippen LogP contribution in [0.3, 0.4) is 0 Å². The molecule has 0 aliphatic carbocycles. The van der Waals surface area contributed by atoms with Crippen molar-refractivity contribution in [1.29, 1.82) is 0 Å². The van der Waals surface area contributed by atoms with E-state index in [1.165, 1.54) is 10.9 Å². The minimum absolute atomic E-state index is 0. The van der Waals surface area contributed by atoms with E-state index < -0.39 is 0 Å². The fourth-order valence-electron chi connectivity index (χ4n) is 1.56. The zero-order chi connectivity index (χ0) is 11.6. The van der Waals surface area contributed by atoms with Gasteiger partial charge in [-0.1, -0.05) is 19.1 Å². The van der Waals surface area contributed by atoms with Crippen molar-refractivity contribution < 1.29 is 0 Å². The van der Waals surface area contributed by atoms with E-state index in [9.17, 15) is 0 Å². The number of hydrogen-bond donors (Lipinski definition) is 2. The standard InChI is InChI=1S/C13H19N3.ClH/c1-4-13(2,3)14-8-10-5-6-11-9-15-16-12(11)7-10;/h5-7,9,14H,4,8H2,1-3H3,(H,15,16);1H. The zero-order valence-electron chi connectivity index (χ0n) is 10.6. The van der Waals surface area contributed by atoms with Crippen molar-refractivity contribution in [3.63, 3.8) is 0 Å². The maximum Gasteiger partial charge on any atom is 0.0653 e. The average Bonchev–Trinajstić information content (AvgIpc) is 2.73. The fraction of sp³-hybridized carbons (Fsp3) is 0.462. The normalized spacial score (nSPS) is 11.5. The van der Waals surface area contributed by atoms with Gasteiger partial charge in [0.2, 0.25) is 0 Å². The third-order valence-corrected chi connectivity index (χ3v) is 3.16. The smallest absolute Gasteiger partial charge is 0.0653 e. The third kappa shape index (κ3) is 3.45. The molecular weight excluding hydrogens is 234 g/mol. The van der Waals surface area contributed by atoms with Gasteiger partial charge in [0.15, 0.2) is 0 Å². The van der Waals surface area contributed by atoms with Crippen LogP contribution < -0.4 is 5.32 Å². The number of aromatic nitrogens is 2. The first-order valence-electron chi connectivity index (χ1n) is 5.78. The molecule has 0 saturated carbocycles. The number of halogens is 1. The molecule has 0 aliphatic heterocycles. The van der Waals surface area contributed by atoms with Crippen LogP contribution in [0.5, 0.6) is 0 Å². The van der Waals surface area contributed by atoms with Crippen LogP contribution in [-0.2, 0) is 6.54 Å². The fourth-order valence-corrected chi connectivity index (χ4v) is 1.56. The largest absolute Gasteiger partial charge is 0.308 e. The second-order valence-electron chi connectivity index (χ2n) is 4.88. The summed E-state index contributed by atoms with van der Waals surface area (Å²) in [4.78, 5) is 0. The molecule has 2 N–H and O–H groups in total. The van der Waals surface area contributed by atoms with Gasteiger partial charge in [0.25, 0.3) is 0 Å². The summed E-state index contributed by atoms with van der Waals surface area (Å²) in [6.07, 6.45) is 2.97. The molecule has 0 unspecified atom stereocenters. The lowest BCUT2D eigenvalue weighted by Crippen LogP contribution is -2.37. The number of hydrogen-bond acceptors (Lipinski definition) is 2. The number of H-pyrrole nitrogens is 1. The quantitative estimate of drug-likeness (QED) is 0.878. The second kappa shape index (κ2) is 5.52. The van der Waals surface area contributed by atoms with Crippen molar-refractivity contribution in [2.75, 3.05) is 0 Å². The van der Waals surface area contributed by atoms with Gasteiger partial charge in [-0.05, 0) is 31.9 Å². The predicted molar refractivity (Wildman–Crippen MR) is 74.6 cm³/mol. The van der Waals surface area contributed by atoms with Gasteiger partial charge in [0.1, 0.15) is 0 Å². The number of nitrogens with one attached hydrogen (secondary N) is 2. The van der Waals surface area contributed by atoms with E-state index in [0.29, 0.717) is 0 Å². The number of nitrogens with zero attached hydrogens (tertiary/aromatic N) is 1. The molecule has 1 aromatic heterocycles. The Morgan fingerprint density at radius 2 is 2.12 bits per heavy atom. The van der Waals surface area contributed by atoms with Gasteiger partial charge in [-0.15, -0.1) is 12.4 Å². The molecule has 0 atom stereocenters. The third-order valence-electron chi connectivity index (χ3n) is 3.16. The van der Waals surface area contributed by atoms with Crippen LogP contribution in [0.1, 0.15) is 32.8 Å². The molecule has 2 rings (SSSR count). The van der Waals surface area contributed by atoms with E-state index in [1.54, 1.807) is 0 Å². The van der Waals surface area contributed by atoms with Gasteiger partial charge in [-0.2, -0.15) is 5.10 Å². The summed E-state index contributed by atoms with van der Waals surface area (Å²) >= 11 is 0. The molecule has 0 aliphatic rings. The monoisotopic (exact) mass is 253 g/mol. The molecule has 0 saturated heterocycles. The second-order valence-corrected chi connectivity index (χ2v) is 4.88. The molecule has 0 radical (unpaired) electrons. The maximum absolute atomic E-state index is 4.02. The lowest BCUT2D eigenvalue weighted by molar-refractivity contribution is 0.374. The minimum atomic E-state index is 0. The van der Waals surface area contributed by atoms with E-state index in [0.717, 1.165) is 18.5 Å². The molecule has 3 nitrogen and oxygen atoms in total. The molecule has 0 amide bonds. The summed E-state index contributed by atoms with van der Waals surface area (Å²) < 4.78 is 0. The van der Waals surface area contributed by atoms with Crippen LogP contribution in [-0.4, -0.2) is 15.7 Å². The van der Waals surface area contributed by atoms with E-state index in [2.05, 4.69) is 54.5 Å². The highest BCUT2D eigenvalue weighted by atomic mass is 35.5. The molecule has 94 valence electrons. The Morgan fingerprint density at radius 1 is 1.35 bits per heavy atom. The molecule has 4 heteroatoms. The van der Waals surface area contributed by atoms with Crippen molar-refractivity contribution in [2.45, 2.75) is 39.3 Å². The minimum Gasteiger partial charge on any atom is -0.308 e. The topological polar surface area (TPSA) is 40.7 Å². The SMILES string of the molecule is CCC(C)(C)NCc1ccc2cn[nH]c2c1.Cl. The van der Waals surface area contributed by atoms with Gasteiger partial charge in [-0.25, -0.2) is 0 Å². The van der Waals surface area contributed by atoms with Crippen LogP contribution in [0.15, 0.2) is 24.4 Å². The highest BCUT2D eigenvalue weighted by Crippen LogP contribution is 2.14. The van der Waals surface area contributed by atoms with Crippen LogP contribution in [0.25, 0.3) is 10.9 Å². The number of benzene rings is 1. The molecule has 1 aromatic carbocycles. The summed E-state index contributed by atoms with van der Waals surface area (Å²) in [6.45, 7) is 7.55. The van der Waals surface area contributed by atoms with Crippen molar-refractivity contribution in [1.82, 2.24) is 15.5 Å². The first-order chi connectivity index (χ1) is 7.61. The van der Waals surface area contributed by atoms with Crippen molar-refractivity contribution in [2.24, 2.45) is 0 Å². The Balaban J connectivity index is 0.00000144. The zero-order valence-corrected chi connectivity index (χ0v) is 11.4. The van der Waals surface area contributed by atoms with E-state index in [1.807, 2.05) is 6.20 Å². The summed E-state index contributed by atoms with van der Waals surface area (Å²) in [5, 5.41) is 11.7. The lowest BCUT2D eigenvalue weighted by Gasteiger charge is -2.24. The van der Waals surface area contributed by atoms with E-state index in [4.69, 9.17) is 0 Å². The number of aromatic amines is 1. The number of fused-ring (bicyclic) bond motifs is 1. The van der Waals surface area contributed by atoms with Crippen LogP contribution in [0.2, 0.25) is 0 Å². The molecule has 0 spiro atoms. The van der Waals surface area contributed by atoms with Gasteiger partial charge in [-0.3, -0.25) is 5.10 Å². The first-order valence-corrected chi connectivity index (χ1v) is 5.78. The number of rotatable bonds is 4. The highest BCUT2D eigenvalue weighted by Gasteiger charge is 2.13. The Bertz CT molecular complexity index is 476. The lowest BCUT2D eigenvalue weighted by atomic mass is 10.0. The maximum atomic E-state index is 4.02. The Morgan fingerprint density at radius 3 is 2.82 bits per heavy atom. The van der Waals surface area contributed by atoms with E-state index in [-0.39, 0.29) is 17.9 Å². The summed E-state index contributed by atoms with van der Waals surface area (Å²) in [7, 11) is 0. The van der Waals surface area contributed by atoms with Gasteiger partial charge >= 0.3 is 0 Å². The van der Waals surface area contributed by atoms with Crippen LogP contribution in [0.4, 0.5) is 0 Å². The van der Waals surface area contributed by atoms with Gasteiger partial charge < -0.3 is 5.32 Å². The van der Waals surface area contributed by atoms with Crippen molar-refractivity contribution in [3.8, 4) is 0 Å². The van der Waals surface area contributed by atoms with E-state index >= 15 is 0 Å². The van der Waals surface area contributed by atoms with Gasteiger partial charge in [0.05, 0.1) is 11.7 Å². The molecule has 0 bridgehead atoms. The van der Waals surface area contributed by atoms with Crippen molar-refractivity contribution >= 4 is 23.3 Å². The average molecular weight is 254 g/mol. The molecule has 1 heterocycles. The van der Waals surface area contributed by atoms with Crippen LogP contribution >= 0.6 is 12.4 Å². The van der Waals surface area contributed by atoms with Crippen molar-refractivity contribution in [3.05, 3.63) is 30.0 Å². The molecular formula is C13H20ClN3. The first kappa shape index (κ1) is 14.0. The summed E-state index contributed by atoms with van der Waals surface area (Å²) in [6, 6.07) is 6.41. The molecule has 2 aromatic rings. The van der Waals surface area contributed by atoms with Crippen LogP contribution in [0, 0.1) is 0 Å². The summed E-state index contributed by atoms with van der Waals surface area (Å²) in [5.74, 6) is 0. The molecule has 17 heavy (non-hydrogen) atoms. The van der Waals surface area contributed by atoms with Gasteiger partial charge in [0, 0.05) is 17.5 Å².